The molecule has 1 saturated heterocycles. The van der Waals surface area contributed by atoms with Gasteiger partial charge in [0.05, 0.1) is 0 Å². The van der Waals surface area contributed by atoms with Crippen LogP contribution in [-0.2, 0) is 4.79 Å². The van der Waals surface area contributed by atoms with Crippen molar-refractivity contribution in [3.8, 4) is 0 Å². The maximum absolute atomic E-state index is 10.5. The fourth-order valence-electron chi connectivity index (χ4n) is 2.73. The van der Waals surface area contributed by atoms with E-state index in [0.29, 0.717) is 6.04 Å². The molecule has 0 saturated carbocycles. The zero-order chi connectivity index (χ0) is 15.2. The Morgan fingerprint density at radius 1 is 1.48 bits per heavy atom. The third-order valence-corrected chi connectivity index (χ3v) is 3.86. The van der Waals surface area contributed by atoms with Crippen LogP contribution in [0.2, 0.25) is 0 Å². The first-order valence-corrected chi connectivity index (χ1v) is 7.42. The van der Waals surface area contributed by atoms with Gasteiger partial charge in [-0.2, -0.15) is 0 Å². The van der Waals surface area contributed by atoms with Gasteiger partial charge in [0.2, 0.25) is 0 Å². The van der Waals surface area contributed by atoms with E-state index in [4.69, 9.17) is 5.11 Å². The lowest BCUT2D eigenvalue weighted by Crippen LogP contribution is -2.40. The van der Waals surface area contributed by atoms with Gasteiger partial charge in [0.15, 0.2) is 0 Å². The number of anilines is 1. The Bertz CT molecular complexity index is 499. The summed E-state index contributed by atoms with van der Waals surface area (Å²) in [5, 5.41) is 8.64. The van der Waals surface area contributed by atoms with Crippen LogP contribution < -0.4 is 4.90 Å². The first-order valence-electron chi connectivity index (χ1n) is 7.42. The van der Waals surface area contributed by atoms with E-state index in [2.05, 4.69) is 28.8 Å². The maximum atomic E-state index is 10.5. The average Bonchev–Trinajstić information content (AvgIpc) is 2.67. The molecule has 0 aliphatic carbocycles. The Kier molecular flexibility index (Phi) is 5.33. The van der Waals surface area contributed by atoms with Crippen molar-refractivity contribution in [1.29, 1.82) is 0 Å². The smallest absolute Gasteiger partial charge is 0.328 e. The molecule has 0 spiro atoms. The average molecular weight is 289 g/mol. The van der Waals surface area contributed by atoms with Crippen LogP contribution in [0.1, 0.15) is 25.3 Å². The van der Waals surface area contributed by atoms with E-state index >= 15 is 0 Å². The quantitative estimate of drug-likeness (QED) is 0.860. The number of carboxylic acids is 1. The summed E-state index contributed by atoms with van der Waals surface area (Å²) in [6.45, 7) is 5.40. The minimum absolute atomic E-state index is 0.477. The Hall–Kier alpha value is -1.88. The highest BCUT2D eigenvalue weighted by molar-refractivity contribution is 5.85. The molecule has 1 aromatic rings. The Morgan fingerprint density at radius 3 is 2.90 bits per heavy atom. The molecule has 1 aliphatic rings. The molecule has 0 radical (unpaired) electrons. The maximum Gasteiger partial charge on any atom is 0.328 e. The molecule has 0 amide bonds. The topological polar surface area (TPSA) is 56.7 Å². The summed E-state index contributed by atoms with van der Waals surface area (Å²) in [5.74, 6) is 0.0327. The highest BCUT2D eigenvalue weighted by Crippen LogP contribution is 2.20. The molecule has 1 aliphatic heterocycles. The second-order valence-electron chi connectivity index (χ2n) is 5.49. The fraction of sp³-hybridized carbons (Fsp3) is 0.500. The lowest BCUT2D eigenvalue weighted by atomic mass is 10.1. The predicted molar refractivity (Wildman–Crippen MR) is 84.4 cm³/mol. The van der Waals surface area contributed by atoms with Crippen molar-refractivity contribution in [2.75, 3.05) is 31.6 Å². The van der Waals surface area contributed by atoms with Crippen LogP contribution in [0, 0.1) is 0 Å². The Balaban J connectivity index is 2.14. The van der Waals surface area contributed by atoms with Crippen molar-refractivity contribution in [1.82, 2.24) is 9.88 Å². The number of aromatic nitrogens is 1. The van der Waals surface area contributed by atoms with E-state index in [-0.39, 0.29) is 0 Å². The van der Waals surface area contributed by atoms with Gasteiger partial charge < -0.3 is 14.9 Å². The molecule has 1 unspecified atom stereocenters. The Labute approximate surface area is 125 Å². The van der Waals surface area contributed by atoms with E-state index in [1.165, 1.54) is 0 Å². The highest BCUT2D eigenvalue weighted by atomic mass is 16.4. The first kappa shape index (κ1) is 15.5. The van der Waals surface area contributed by atoms with E-state index in [9.17, 15) is 4.79 Å². The summed E-state index contributed by atoms with van der Waals surface area (Å²) in [7, 11) is 2.17. The van der Waals surface area contributed by atoms with Crippen molar-refractivity contribution in [3.63, 3.8) is 0 Å². The van der Waals surface area contributed by atoms with E-state index in [1.807, 2.05) is 12.1 Å². The van der Waals surface area contributed by atoms with Crippen LogP contribution in [0.4, 0.5) is 5.82 Å². The highest BCUT2D eigenvalue weighted by Gasteiger charge is 2.22. The SMILES string of the molecule is CCC1CN(C)CCCN1c1ccc(/C=C/C(=O)O)cn1. The summed E-state index contributed by atoms with van der Waals surface area (Å²) >= 11 is 0. The van der Waals surface area contributed by atoms with E-state index in [0.717, 1.165) is 49.9 Å². The lowest BCUT2D eigenvalue weighted by Gasteiger charge is -2.31. The zero-order valence-electron chi connectivity index (χ0n) is 12.7. The number of aliphatic carboxylic acids is 1. The van der Waals surface area contributed by atoms with Crippen LogP contribution in [0.5, 0.6) is 0 Å². The predicted octanol–water partition coefficient (Wildman–Crippen LogP) is 2.10. The minimum atomic E-state index is -0.944. The molecule has 2 rings (SSSR count). The largest absolute Gasteiger partial charge is 0.478 e. The summed E-state index contributed by atoms with van der Waals surface area (Å²) in [6.07, 6.45) is 6.65. The van der Waals surface area contributed by atoms with Gasteiger partial charge in [0.25, 0.3) is 0 Å². The number of rotatable bonds is 4. The summed E-state index contributed by atoms with van der Waals surface area (Å²) in [6, 6.07) is 4.38. The number of pyridine rings is 1. The number of hydrogen-bond donors (Lipinski definition) is 1. The molecule has 114 valence electrons. The third-order valence-electron chi connectivity index (χ3n) is 3.86. The van der Waals surface area contributed by atoms with Crippen molar-refractivity contribution in [2.24, 2.45) is 0 Å². The Morgan fingerprint density at radius 2 is 2.29 bits per heavy atom. The van der Waals surface area contributed by atoms with Gasteiger partial charge in [-0.05, 0) is 50.2 Å². The van der Waals surface area contributed by atoms with Gasteiger partial charge in [0, 0.05) is 31.4 Å². The van der Waals surface area contributed by atoms with Gasteiger partial charge in [-0.3, -0.25) is 0 Å². The fourth-order valence-corrected chi connectivity index (χ4v) is 2.73. The number of nitrogens with zero attached hydrogens (tertiary/aromatic N) is 3. The molecule has 21 heavy (non-hydrogen) atoms. The molecule has 2 heterocycles. The first-order chi connectivity index (χ1) is 10.1. The standard InChI is InChI=1S/C16H23N3O2/c1-3-14-12-18(2)9-4-10-19(14)15-7-5-13(11-17-15)6-8-16(20)21/h5-8,11,14H,3-4,9-10,12H2,1-2H3,(H,20,21)/b8-6+. The summed E-state index contributed by atoms with van der Waals surface area (Å²) in [4.78, 5) is 19.8. The second-order valence-corrected chi connectivity index (χ2v) is 5.49. The van der Waals surface area contributed by atoms with Crippen LogP contribution in [0.25, 0.3) is 6.08 Å². The molecule has 1 aromatic heterocycles. The molecule has 5 heteroatoms. The molecule has 0 bridgehead atoms. The third kappa shape index (κ3) is 4.29. The van der Waals surface area contributed by atoms with Gasteiger partial charge in [0.1, 0.15) is 5.82 Å². The van der Waals surface area contributed by atoms with Gasteiger partial charge in [-0.1, -0.05) is 6.92 Å². The van der Waals surface area contributed by atoms with Crippen LogP contribution in [0.3, 0.4) is 0 Å². The second kappa shape index (κ2) is 7.22. The minimum Gasteiger partial charge on any atom is -0.478 e. The zero-order valence-corrected chi connectivity index (χ0v) is 12.7. The van der Waals surface area contributed by atoms with Crippen molar-refractivity contribution >= 4 is 17.9 Å². The summed E-state index contributed by atoms with van der Waals surface area (Å²) in [5.41, 5.74) is 0.807. The number of carbonyl (C=O) groups is 1. The summed E-state index contributed by atoms with van der Waals surface area (Å²) < 4.78 is 0. The van der Waals surface area contributed by atoms with Crippen molar-refractivity contribution in [3.05, 3.63) is 30.0 Å². The lowest BCUT2D eigenvalue weighted by molar-refractivity contribution is -0.131. The van der Waals surface area contributed by atoms with Crippen LogP contribution in [-0.4, -0.2) is 53.7 Å². The molecular formula is C16H23N3O2. The van der Waals surface area contributed by atoms with Crippen LogP contribution in [0.15, 0.2) is 24.4 Å². The number of carboxylic acid groups (broad SMARTS) is 1. The molecule has 5 nitrogen and oxygen atoms in total. The van der Waals surface area contributed by atoms with Crippen molar-refractivity contribution in [2.45, 2.75) is 25.8 Å². The molecule has 1 atom stereocenters. The van der Waals surface area contributed by atoms with Gasteiger partial charge in [-0.15, -0.1) is 0 Å². The molecular weight excluding hydrogens is 266 g/mol. The molecule has 0 aromatic carbocycles. The van der Waals surface area contributed by atoms with Crippen molar-refractivity contribution < 1.29 is 9.90 Å². The number of hydrogen-bond acceptors (Lipinski definition) is 4. The van der Waals surface area contributed by atoms with E-state index < -0.39 is 5.97 Å². The van der Waals surface area contributed by atoms with Gasteiger partial charge in [-0.25, -0.2) is 9.78 Å². The monoisotopic (exact) mass is 289 g/mol. The normalized spacial score (nSPS) is 20.7. The van der Waals surface area contributed by atoms with E-state index in [1.54, 1.807) is 12.3 Å². The van der Waals surface area contributed by atoms with Crippen LogP contribution >= 0.6 is 0 Å². The number of likely N-dealkylation sites (N-methyl/N-ethyl adjacent to an activating group) is 1. The molecule has 1 fully saturated rings. The molecule has 1 N–H and O–H groups in total. The van der Waals surface area contributed by atoms with Gasteiger partial charge >= 0.3 is 5.97 Å².